The molecule has 0 fully saturated rings. The van der Waals surface area contributed by atoms with Crippen molar-refractivity contribution in [2.24, 2.45) is 5.92 Å². The first-order valence-corrected chi connectivity index (χ1v) is 6.41. The molecule has 3 N–H and O–H groups in total. The Hall–Kier alpha value is -2.44. The molecule has 0 heterocycles. The minimum Gasteiger partial charge on any atom is -0.497 e. The quantitative estimate of drug-likeness (QED) is 0.745. The van der Waals surface area contributed by atoms with E-state index in [-0.39, 0.29) is 5.92 Å². The summed E-state index contributed by atoms with van der Waals surface area (Å²) < 4.78 is 10.2. The molecule has 7 heteroatoms. The van der Waals surface area contributed by atoms with E-state index in [1.54, 1.807) is 32.0 Å². The van der Waals surface area contributed by atoms with Gasteiger partial charge in [-0.1, -0.05) is 13.8 Å². The van der Waals surface area contributed by atoms with Crippen LogP contribution >= 0.6 is 0 Å². The molecule has 1 atom stereocenters. The van der Waals surface area contributed by atoms with Gasteiger partial charge >= 0.3 is 12.0 Å². The maximum Gasteiger partial charge on any atom is 0.326 e. The van der Waals surface area contributed by atoms with Crippen molar-refractivity contribution in [3.05, 3.63) is 18.2 Å². The smallest absolute Gasteiger partial charge is 0.326 e. The Balaban J connectivity index is 2.81. The van der Waals surface area contributed by atoms with Crippen LogP contribution in [0.2, 0.25) is 0 Å². The molecule has 1 unspecified atom stereocenters. The molecule has 1 aromatic carbocycles. The summed E-state index contributed by atoms with van der Waals surface area (Å²) in [5.41, 5.74) is 0.420. The predicted octanol–water partition coefficient (Wildman–Crippen LogP) is 1.93. The van der Waals surface area contributed by atoms with Gasteiger partial charge in [-0.3, -0.25) is 0 Å². The normalized spacial score (nSPS) is 11.7. The lowest BCUT2D eigenvalue weighted by molar-refractivity contribution is -0.140. The Kier molecular flexibility index (Phi) is 5.83. The number of hydrogen-bond donors (Lipinski definition) is 3. The summed E-state index contributed by atoms with van der Waals surface area (Å²) >= 11 is 0. The van der Waals surface area contributed by atoms with Gasteiger partial charge in [0.05, 0.1) is 19.9 Å². The third kappa shape index (κ3) is 4.55. The van der Waals surface area contributed by atoms with Crippen LogP contribution in [-0.4, -0.2) is 37.4 Å². The van der Waals surface area contributed by atoms with Gasteiger partial charge in [0.1, 0.15) is 17.5 Å². The number of carboxylic acids is 1. The molecule has 116 valence electrons. The lowest BCUT2D eigenvalue weighted by Crippen LogP contribution is -2.46. The molecule has 0 saturated heterocycles. The summed E-state index contributed by atoms with van der Waals surface area (Å²) in [5, 5.41) is 14.0. The maximum atomic E-state index is 11.9. The Morgan fingerprint density at radius 1 is 1.19 bits per heavy atom. The lowest BCUT2D eigenvalue weighted by atomic mass is 10.1. The number of benzene rings is 1. The Morgan fingerprint density at radius 3 is 2.33 bits per heavy atom. The summed E-state index contributed by atoms with van der Waals surface area (Å²) in [4.78, 5) is 22.9. The van der Waals surface area contributed by atoms with Crippen molar-refractivity contribution in [1.82, 2.24) is 5.32 Å². The zero-order chi connectivity index (χ0) is 16.0. The van der Waals surface area contributed by atoms with Crippen LogP contribution in [0.4, 0.5) is 10.5 Å². The number of amides is 2. The molecule has 0 radical (unpaired) electrons. The number of anilines is 1. The second-order valence-electron chi connectivity index (χ2n) is 4.72. The van der Waals surface area contributed by atoms with Gasteiger partial charge in [-0.05, 0) is 18.1 Å². The monoisotopic (exact) mass is 296 g/mol. The van der Waals surface area contributed by atoms with E-state index in [1.807, 2.05) is 0 Å². The van der Waals surface area contributed by atoms with Crippen molar-refractivity contribution in [2.75, 3.05) is 19.5 Å². The fourth-order valence-corrected chi connectivity index (χ4v) is 1.71. The van der Waals surface area contributed by atoms with E-state index in [2.05, 4.69) is 10.6 Å². The number of carbonyl (C=O) groups is 2. The Morgan fingerprint density at radius 2 is 1.86 bits per heavy atom. The van der Waals surface area contributed by atoms with Gasteiger partial charge in [-0.25, -0.2) is 9.59 Å². The second kappa shape index (κ2) is 7.37. The lowest BCUT2D eigenvalue weighted by Gasteiger charge is -2.19. The number of nitrogens with one attached hydrogen (secondary N) is 2. The van der Waals surface area contributed by atoms with E-state index >= 15 is 0 Å². The number of ether oxygens (including phenoxy) is 2. The Bertz CT molecular complexity index is 516. The molecule has 0 bridgehead atoms. The summed E-state index contributed by atoms with van der Waals surface area (Å²) in [6.45, 7) is 3.43. The first kappa shape index (κ1) is 16.6. The highest BCUT2D eigenvalue weighted by atomic mass is 16.5. The molecule has 2 amide bonds. The molecule has 0 aliphatic rings. The Labute approximate surface area is 123 Å². The maximum absolute atomic E-state index is 11.9. The number of hydrogen-bond acceptors (Lipinski definition) is 4. The van der Waals surface area contributed by atoms with Gasteiger partial charge in [-0.15, -0.1) is 0 Å². The molecule has 7 nitrogen and oxygen atoms in total. The number of methoxy groups -OCH3 is 2. The predicted molar refractivity (Wildman–Crippen MR) is 78.0 cm³/mol. The van der Waals surface area contributed by atoms with Gasteiger partial charge < -0.3 is 25.2 Å². The third-order valence-corrected chi connectivity index (χ3v) is 2.88. The average Bonchev–Trinajstić information content (AvgIpc) is 2.44. The van der Waals surface area contributed by atoms with Crippen molar-refractivity contribution in [3.63, 3.8) is 0 Å². The number of urea groups is 1. The van der Waals surface area contributed by atoms with Crippen molar-refractivity contribution in [1.29, 1.82) is 0 Å². The molecule has 0 spiro atoms. The molecule has 21 heavy (non-hydrogen) atoms. The highest BCUT2D eigenvalue weighted by Crippen LogP contribution is 2.28. The van der Waals surface area contributed by atoms with E-state index in [0.29, 0.717) is 17.2 Å². The number of carboxylic acid groups (broad SMARTS) is 1. The van der Waals surface area contributed by atoms with Crippen molar-refractivity contribution in [2.45, 2.75) is 19.9 Å². The molecule has 1 rings (SSSR count). The van der Waals surface area contributed by atoms with Gasteiger partial charge in [0.2, 0.25) is 0 Å². The fourth-order valence-electron chi connectivity index (χ4n) is 1.71. The summed E-state index contributed by atoms with van der Waals surface area (Å²) in [6, 6.07) is 3.32. The standard InChI is InChI=1S/C14H20N2O5/c1-8(2)12(13(17)18)16-14(19)15-10-6-5-9(20-3)7-11(10)21-4/h5-8,12H,1-4H3,(H,17,18)(H2,15,16,19). The third-order valence-electron chi connectivity index (χ3n) is 2.88. The second-order valence-corrected chi connectivity index (χ2v) is 4.72. The first-order valence-electron chi connectivity index (χ1n) is 6.41. The highest BCUT2D eigenvalue weighted by molar-refractivity contribution is 5.93. The fraction of sp³-hybridized carbons (Fsp3) is 0.429. The van der Waals surface area contributed by atoms with Crippen LogP contribution in [0, 0.1) is 5.92 Å². The molecule has 0 aromatic heterocycles. The molecule has 0 aliphatic heterocycles. The van der Waals surface area contributed by atoms with Crippen LogP contribution in [0.15, 0.2) is 18.2 Å². The van der Waals surface area contributed by atoms with Crippen LogP contribution in [0.1, 0.15) is 13.8 Å². The zero-order valence-corrected chi connectivity index (χ0v) is 12.5. The van der Waals surface area contributed by atoms with E-state index in [9.17, 15) is 9.59 Å². The summed E-state index contributed by atoms with van der Waals surface area (Å²) in [5.74, 6) is -0.308. The molecular formula is C14H20N2O5. The van der Waals surface area contributed by atoms with Crippen LogP contribution in [0.5, 0.6) is 11.5 Å². The highest BCUT2D eigenvalue weighted by Gasteiger charge is 2.23. The molecule has 0 aliphatic carbocycles. The molecule has 0 saturated carbocycles. The van der Waals surface area contributed by atoms with E-state index in [1.165, 1.54) is 14.2 Å². The topological polar surface area (TPSA) is 96.9 Å². The van der Waals surface area contributed by atoms with Crippen LogP contribution in [-0.2, 0) is 4.79 Å². The van der Waals surface area contributed by atoms with Gasteiger partial charge in [-0.2, -0.15) is 0 Å². The average molecular weight is 296 g/mol. The molecular weight excluding hydrogens is 276 g/mol. The van der Waals surface area contributed by atoms with Gasteiger partial charge in [0.25, 0.3) is 0 Å². The summed E-state index contributed by atoms with van der Waals surface area (Å²) in [7, 11) is 2.99. The SMILES string of the molecule is COc1ccc(NC(=O)NC(C(=O)O)C(C)C)c(OC)c1. The largest absolute Gasteiger partial charge is 0.497 e. The van der Waals surface area contributed by atoms with Crippen molar-refractivity contribution in [3.8, 4) is 11.5 Å². The van der Waals surface area contributed by atoms with E-state index in [0.717, 1.165) is 0 Å². The van der Waals surface area contributed by atoms with E-state index in [4.69, 9.17) is 14.6 Å². The van der Waals surface area contributed by atoms with Crippen LogP contribution < -0.4 is 20.1 Å². The van der Waals surface area contributed by atoms with Gasteiger partial charge in [0, 0.05) is 6.07 Å². The van der Waals surface area contributed by atoms with Gasteiger partial charge in [0.15, 0.2) is 0 Å². The minimum absolute atomic E-state index is 0.231. The zero-order valence-electron chi connectivity index (χ0n) is 12.5. The van der Waals surface area contributed by atoms with E-state index < -0.39 is 18.0 Å². The summed E-state index contributed by atoms with van der Waals surface area (Å²) in [6.07, 6.45) is 0. The minimum atomic E-state index is -1.08. The number of rotatable bonds is 6. The number of carbonyl (C=O) groups excluding carboxylic acids is 1. The first-order chi connectivity index (χ1) is 9.88. The van der Waals surface area contributed by atoms with Crippen LogP contribution in [0.3, 0.4) is 0 Å². The molecule has 1 aromatic rings. The number of aliphatic carboxylic acids is 1. The van der Waals surface area contributed by atoms with Crippen LogP contribution in [0.25, 0.3) is 0 Å². The van der Waals surface area contributed by atoms with Crippen molar-refractivity contribution < 1.29 is 24.2 Å². The van der Waals surface area contributed by atoms with Crippen molar-refractivity contribution >= 4 is 17.7 Å².